The molecule has 2 fully saturated rings. The van der Waals surface area contributed by atoms with Gasteiger partial charge in [0.25, 0.3) is 0 Å². The number of aliphatic imine (C=N–C) groups is 1. The number of nitrogens with one attached hydrogen (secondary N) is 1. The molecule has 8 heteroatoms. The Bertz CT molecular complexity index is 777. The van der Waals surface area contributed by atoms with Crippen molar-refractivity contribution in [2.45, 2.75) is 77.2 Å². The molecule has 2 saturated heterocycles. The molecule has 1 aromatic carbocycles. The lowest BCUT2D eigenvalue weighted by Crippen LogP contribution is -2.47. The number of methoxy groups -OCH3 is 1. The number of ether oxygens (including phenoxy) is 4. The topological polar surface area (TPSA) is 64.6 Å². The highest BCUT2D eigenvalue weighted by atomic mass is 127. The van der Waals surface area contributed by atoms with Gasteiger partial charge in [0, 0.05) is 43.8 Å². The molecule has 2 atom stereocenters. The molecule has 0 aromatic heterocycles. The summed E-state index contributed by atoms with van der Waals surface area (Å²) in [6.07, 6.45) is 7.37. The molecule has 1 aromatic rings. The average Bonchev–Trinajstić information content (AvgIpc) is 3.19. The van der Waals surface area contributed by atoms with Gasteiger partial charge in [0.1, 0.15) is 17.6 Å². The third kappa shape index (κ3) is 7.11. The van der Waals surface area contributed by atoms with Crippen LogP contribution < -0.4 is 14.8 Å². The van der Waals surface area contributed by atoms with Gasteiger partial charge in [0.05, 0.1) is 32.5 Å². The summed E-state index contributed by atoms with van der Waals surface area (Å²) in [5, 5.41) is 3.46. The van der Waals surface area contributed by atoms with E-state index in [1.54, 1.807) is 7.11 Å². The second-order valence-electron chi connectivity index (χ2n) is 9.08. The highest BCUT2D eigenvalue weighted by Crippen LogP contribution is 2.35. The van der Waals surface area contributed by atoms with E-state index in [1.165, 1.54) is 18.4 Å². The van der Waals surface area contributed by atoms with Crippen LogP contribution in [0.3, 0.4) is 0 Å². The molecule has 0 aliphatic carbocycles. The fraction of sp³-hybridized carbons (Fsp3) is 0.720. The number of hydrogen-bond acceptors (Lipinski definition) is 5. The van der Waals surface area contributed by atoms with E-state index in [0.29, 0.717) is 12.6 Å². The summed E-state index contributed by atoms with van der Waals surface area (Å²) in [7, 11) is 1.72. The molecule has 0 radical (unpaired) electrons. The first kappa shape index (κ1) is 26.3. The first-order valence-corrected chi connectivity index (χ1v) is 12.3. The second-order valence-corrected chi connectivity index (χ2v) is 9.08. The van der Waals surface area contributed by atoms with Crippen molar-refractivity contribution in [2.75, 3.05) is 40.0 Å². The largest absolute Gasteiger partial charge is 0.496 e. The molecule has 3 heterocycles. The van der Waals surface area contributed by atoms with Crippen LogP contribution in [-0.2, 0) is 22.4 Å². The van der Waals surface area contributed by atoms with E-state index >= 15 is 0 Å². The van der Waals surface area contributed by atoms with Gasteiger partial charge in [-0.15, -0.1) is 24.0 Å². The average molecular weight is 574 g/mol. The van der Waals surface area contributed by atoms with Crippen molar-refractivity contribution >= 4 is 29.9 Å². The van der Waals surface area contributed by atoms with E-state index < -0.39 is 0 Å². The van der Waals surface area contributed by atoms with Crippen molar-refractivity contribution in [3.8, 4) is 11.5 Å². The van der Waals surface area contributed by atoms with E-state index in [1.807, 2.05) is 0 Å². The van der Waals surface area contributed by atoms with Crippen LogP contribution >= 0.6 is 24.0 Å². The number of guanidine groups is 1. The number of benzene rings is 1. The van der Waals surface area contributed by atoms with Crippen LogP contribution in [0, 0.1) is 0 Å². The maximum atomic E-state index is 6.18. The number of rotatable bonds is 7. The zero-order valence-electron chi connectivity index (χ0n) is 20.3. The number of nitrogens with zero attached hydrogens (tertiary/aromatic N) is 2. The molecule has 2 unspecified atom stereocenters. The molecule has 4 rings (SSSR count). The van der Waals surface area contributed by atoms with Crippen molar-refractivity contribution in [2.24, 2.45) is 4.99 Å². The van der Waals surface area contributed by atoms with Gasteiger partial charge >= 0.3 is 0 Å². The van der Waals surface area contributed by atoms with Crippen molar-refractivity contribution in [1.82, 2.24) is 10.2 Å². The monoisotopic (exact) mass is 573 g/mol. The van der Waals surface area contributed by atoms with E-state index in [-0.39, 0.29) is 36.2 Å². The van der Waals surface area contributed by atoms with Gasteiger partial charge in [0.15, 0.2) is 5.96 Å². The number of fused-ring (bicyclic) bond motifs is 1. The maximum Gasteiger partial charge on any atom is 0.194 e. The third-order valence-electron chi connectivity index (χ3n) is 6.57. The fourth-order valence-corrected chi connectivity index (χ4v) is 4.80. The molecule has 186 valence electrons. The van der Waals surface area contributed by atoms with Crippen LogP contribution in [-0.4, -0.2) is 69.1 Å². The Morgan fingerprint density at radius 2 is 2.03 bits per heavy atom. The Kier molecular flexibility index (Phi) is 10.4. The van der Waals surface area contributed by atoms with Gasteiger partial charge in [-0.25, -0.2) is 4.99 Å². The molecule has 7 nitrogen and oxygen atoms in total. The summed E-state index contributed by atoms with van der Waals surface area (Å²) in [4.78, 5) is 7.29. The SMILES string of the molecule is CCNC(=NCc1cc2c(cc1OC)CC(C)O2)N1CCC(OCC2CCCCO2)CC1.I. The first-order valence-electron chi connectivity index (χ1n) is 12.3. The quantitative estimate of drug-likeness (QED) is 0.301. The minimum Gasteiger partial charge on any atom is -0.496 e. The molecule has 0 saturated carbocycles. The van der Waals surface area contributed by atoms with Gasteiger partial charge in [-0.1, -0.05) is 0 Å². The zero-order valence-corrected chi connectivity index (χ0v) is 22.6. The number of piperidine rings is 1. The predicted molar refractivity (Wildman–Crippen MR) is 141 cm³/mol. The Hall–Kier alpha value is -1.26. The van der Waals surface area contributed by atoms with Gasteiger partial charge in [-0.3, -0.25) is 0 Å². The smallest absolute Gasteiger partial charge is 0.194 e. The highest BCUT2D eigenvalue weighted by Gasteiger charge is 2.25. The summed E-state index contributed by atoms with van der Waals surface area (Å²) in [5.74, 6) is 2.81. The summed E-state index contributed by atoms with van der Waals surface area (Å²) in [6, 6.07) is 4.20. The van der Waals surface area contributed by atoms with Gasteiger partial charge in [0.2, 0.25) is 0 Å². The van der Waals surface area contributed by atoms with Gasteiger partial charge in [-0.2, -0.15) is 0 Å². The Labute approximate surface area is 215 Å². The molecular weight excluding hydrogens is 533 g/mol. The van der Waals surface area contributed by atoms with Crippen LogP contribution in [0.25, 0.3) is 0 Å². The van der Waals surface area contributed by atoms with Crippen LogP contribution in [0.4, 0.5) is 0 Å². The minimum atomic E-state index is 0. The lowest BCUT2D eigenvalue weighted by Gasteiger charge is -2.35. The normalized spacial score (nSPS) is 23.5. The molecular formula is C25H40IN3O4. The molecule has 0 spiro atoms. The lowest BCUT2D eigenvalue weighted by molar-refractivity contribution is -0.0721. The van der Waals surface area contributed by atoms with Crippen molar-refractivity contribution in [3.05, 3.63) is 23.3 Å². The predicted octanol–water partition coefficient (Wildman–Crippen LogP) is 4.15. The van der Waals surface area contributed by atoms with Crippen LogP contribution in [0.15, 0.2) is 17.1 Å². The van der Waals surface area contributed by atoms with Crippen molar-refractivity contribution in [1.29, 1.82) is 0 Å². The van der Waals surface area contributed by atoms with Crippen molar-refractivity contribution < 1.29 is 18.9 Å². The van der Waals surface area contributed by atoms with Crippen LogP contribution in [0.1, 0.15) is 57.1 Å². The fourth-order valence-electron chi connectivity index (χ4n) is 4.80. The first-order chi connectivity index (χ1) is 15.7. The second kappa shape index (κ2) is 13.0. The number of likely N-dealkylation sites (tertiary alicyclic amines) is 1. The zero-order chi connectivity index (χ0) is 22.3. The van der Waals surface area contributed by atoms with Gasteiger partial charge in [-0.05, 0) is 58.1 Å². The molecule has 3 aliphatic heterocycles. The number of halogens is 1. The summed E-state index contributed by atoms with van der Waals surface area (Å²) >= 11 is 0. The standard InChI is InChI=1S/C25H39N3O4.HI/c1-4-26-25(27-16-20-15-24-19(13-18(2)32-24)14-23(20)29-3)28-10-8-21(9-11-28)31-17-22-7-5-6-12-30-22;/h14-15,18,21-22H,4-13,16-17H2,1-3H3,(H,26,27);1H. The van der Waals surface area contributed by atoms with E-state index in [0.717, 1.165) is 81.6 Å². The summed E-state index contributed by atoms with van der Waals surface area (Å²) in [5.41, 5.74) is 2.27. The Morgan fingerprint density at radius 3 is 2.73 bits per heavy atom. The lowest BCUT2D eigenvalue weighted by atomic mass is 10.1. The third-order valence-corrected chi connectivity index (χ3v) is 6.57. The molecule has 33 heavy (non-hydrogen) atoms. The Balaban J connectivity index is 0.00000306. The highest BCUT2D eigenvalue weighted by molar-refractivity contribution is 14.0. The number of hydrogen-bond donors (Lipinski definition) is 1. The van der Waals surface area contributed by atoms with Crippen LogP contribution in [0.5, 0.6) is 11.5 Å². The van der Waals surface area contributed by atoms with E-state index in [4.69, 9.17) is 23.9 Å². The minimum absolute atomic E-state index is 0. The summed E-state index contributed by atoms with van der Waals surface area (Å²) in [6.45, 7) is 9.13. The summed E-state index contributed by atoms with van der Waals surface area (Å²) < 4.78 is 23.6. The van der Waals surface area contributed by atoms with Gasteiger partial charge < -0.3 is 29.2 Å². The Morgan fingerprint density at radius 1 is 1.21 bits per heavy atom. The maximum absolute atomic E-state index is 6.18. The molecule has 0 bridgehead atoms. The molecule has 1 N–H and O–H groups in total. The van der Waals surface area contributed by atoms with E-state index in [9.17, 15) is 0 Å². The van der Waals surface area contributed by atoms with E-state index in [2.05, 4.69) is 36.2 Å². The van der Waals surface area contributed by atoms with Crippen molar-refractivity contribution in [3.63, 3.8) is 0 Å². The molecule has 0 amide bonds. The van der Waals surface area contributed by atoms with Crippen LogP contribution in [0.2, 0.25) is 0 Å². The molecule has 3 aliphatic rings.